The van der Waals surface area contributed by atoms with Crippen LogP contribution in [0.1, 0.15) is 36.5 Å². The van der Waals surface area contributed by atoms with Gasteiger partial charge in [-0.2, -0.15) is 0 Å². The maximum atomic E-state index is 12.4. The molecule has 1 heterocycles. The van der Waals surface area contributed by atoms with E-state index in [1.54, 1.807) is 0 Å². The van der Waals surface area contributed by atoms with Crippen LogP contribution in [0.25, 0.3) is 0 Å². The van der Waals surface area contributed by atoms with E-state index in [1.165, 1.54) is 18.2 Å². The van der Waals surface area contributed by atoms with Gasteiger partial charge in [-0.05, 0) is 59.9 Å². The Kier molecular flexibility index (Phi) is 6.19. The molecular formula is C15H22BrN3O3S. The summed E-state index contributed by atoms with van der Waals surface area (Å²) in [6.07, 6.45) is 2.93. The van der Waals surface area contributed by atoms with Crippen molar-refractivity contribution in [3.63, 3.8) is 0 Å². The van der Waals surface area contributed by atoms with Gasteiger partial charge in [0.15, 0.2) is 0 Å². The number of hydrogen-bond acceptors (Lipinski definition) is 4. The van der Waals surface area contributed by atoms with Crippen LogP contribution < -0.4 is 10.5 Å². The van der Waals surface area contributed by atoms with Gasteiger partial charge >= 0.3 is 0 Å². The van der Waals surface area contributed by atoms with Crippen molar-refractivity contribution >= 4 is 31.9 Å². The number of carbonyl (C=O) groups excluding carboxylic acids is 1. The highest BCUT2D eigenvalue weighted by Crippen LogP contribution is 2.21. The number of nitrogens with two attached hydrogens (primary N) is 1. The minimum Gasteiger partial charge on any atom is -0.349 e. The minimum atomic E-state index is -3.83. The molecule has 1 fully saturated rings. The Morgan fingerprint density at radius 1 is 1.39 bits per heavy atom. The third-order valence-electron chi connectivity index (χ3n) is 3.97. The summed E-state index contributed by atoms with van der Waals surface area (Å²) in [4.78, 5) is 14.8. The number of likely N-dealkylation sites (tertiary alicyclic amines) is 1. The summed E-state index contributed by atoms with van der Waals surface area (Å²) in [5.74, 6) is -0.281. The van der Waals surface area contributed by atoms with Crippen LogP contribution in [0.15, 0.2) is 27.6 Å². The standard InChI is InChI=1S/C15H22BrN3O3S/c1-2-7-19-8-5-11(6-9-19)18-15(20)13-10-12(23(17,21)22)3-4-14(13)16/h3-4,10-11H,2,5-9H2,1H3,(H,18,20)(H2,17,21,22). The highest BCUT2D eigenvalue weighted by Gasteiger charge is 2.22. The van der Waals surface area contributed by atoms with E-state index in [4.69, 9.17) is 5.14 Å². The van der Waals surface area contributed by atoms with Gasteiger partial charge in [-0.3, -0.25) is 4.79 Å². The van der Waals surface area contributed by atoms with E-state index < -0.39 is 10.0 Å². The summed E-state index contributed by atoms with van der Waals surface area (Å²) in [6.45, 7) is 5.18. The Labute approximate surface area is 145 Å². The van der Waals surface area contributed by atoms with Crippen molar-refractivity contribution in [2.24, 2.45) is 5.14 Å². The zero-order chi connectivity index (χ0) is 17.0. The highest BCUT2D eigenvalue weighted by molar-refractivity contribution is 9.10. The molecule has 0 unspecified atom stereocenters. The van der Waals surface area contributed by atoms with Gasteiger partial charge < -0.3 is 10.2 Å². The summed E-state index contributed by atoms with van der Waals surface area (Å²) in [5.41, 5.74) is 0.285. The van der Waals surface area contributed by atoms with Gasteiger partial charge in [0, 0.05) is 23.6 Å². The molecule has 0 bridgehead atoms. The number of carbonyl (C=O) groups is 1. The van der Waals surface area contributed by atoms with Crippen LogP contribution >= 0.6 is 15.9 Å². The van der Waals surface area contributed by atoms with Crippen molar-refractivity contribution in [3.05, 3.63) is 28.2 Å². The fourth-order valence-electron chi connectivity index (χ4n) is 2.74. The van der Waals surface area contributed by atoms with E-state index in [-0.39, 0.29) is 22.4 Å². The van der Waals surface area contributed by atoms with E-state index in [0.29, 0.717) is 4.47 Å². The number of piperidine rings is 1. The van der Waals surface area contributed by atoms with Crippen molar-refractivity contribution < 1.29 is 13.2 Å². The van der Waals surface area contributed by atoms with Gasteiger partial charge in [0.1, 0.15) is 0 Å². The summed E-state index contributed by atoms with van der Waals surface area (Å²) >= 11 is 3.29. The molecule has 23 heavy (non-hydrogen) atoms. The molecule has 1 aliphatic heterocycles. The molecule has 0 aromatic heterocycles. The van der Waals surface area contributed by atoms with Crippen LogP contribution in [0.3, 0.4) is 0 Å². The molecule has 1 aliphatic rings. The molecule has 1 aromatic rings. The first-order valence-corrected chi connectivity index (χ1v) is 10.0. The molecule has 8 heteroatoms. The lowest BCUT2D eigenvalue weighted by Crippen LogP contribution is -2.44. The van der Waals surface area contributed by atoms with E-state index in [9.17, 15) is 13.2 Å². The molecule has 1 saturated heterocycles. The van der Waals surface area contributed by atoms with Crippen molar-refractivity contribution in [2.75, 3.05) is 19.6 Å². The Morgan fingerprint density at radius 3 is 2.61 bits per heavy atom. The predicted molar refractivity (Wildman–Crippen MR) is 92.7 cm³/mol. The van der Waals surface area contributed by atoms with Crippen molar-refractivity contribution in [3.8, 4) is 0 Å². The van der Waals surface area contributed by atoms with Crippen LogP contribution in [0.4, 0.5) is 0 Å². The van der Waals surface area contributed by atoms with Crippen LogP contribution in [-0.4, -0.2) is 44.9 Å². The summed E-state index contributed by atoms with van der Waals surface area (Å²) in [5, 5.41) is 8.11. The average Bonchev–Trinajstić information content (AvgIpc) is 2.48. The number of benzene rings is 1. The lowest BCUT2D eigenvalue weighted by atomic mass is 10.0. The normalized spacial score (nSPS) is 17.2. The summed E-state index contributed by atoms with van der Waals surface area (Å²) < 4.78 is 23.4. The van der Waals surface area contributed by atoms with Crippen LogP contribution in [0.5, 0.6) is 0 Å². The highest BCUT2D eigenvalue weighted by atomic mass is 79.9. The third-order valence-corrected chi connectivity index (χ3v) is 5.58. The third kappa shape index (κ3) is 5.00. The van der Waals surface area contributed by atoms with Crippen LogP contribution in [-0.2, 0) is 10.0 Å². The molecule has 6 nitrogen and oxygen atoms in total. The van der Waals surface area contributed by atoms with Gasteiger partial charge in [0.05, 0.1) is 10.5 Å². The molecule has 0 saturated carbocycles. The summed E-state index contributed by atoms with van der Waals surface area (Å²) in [6, 6.07) is 4.32. The van der Waals surface area contributed by atoms with Crippen molar-refractivity contribution in [2.45, 2.75) is 37.1 Å². The monoisotopic (exact) mass is 403 g/mol. The zero-order valence-corrected chi connectivity index (χ0v) is 15.5. The van der Waals surface area contributed by atoms with E-state index >= 15 is 0 Å². The van der Waals surface area contributed by atoms with E-state index in [1.807, 2.05) is 0 Å². The lowest BCUT2D eigenvalue weighted by molar-refractivity contribution is 0.0910. The van der Waals surface area contributed by atoms with Gasteiger partial charge in [-0.15, -0.1) is 0 Å². The zero-order valence-electron chi connectivity index (χ0n) is 13.1. The molecule has 3 N–H and O–H groups in total. The second-order valence-electron chi connectivity index (χ2n) is 5.78. The maximum absolute atomic E-state index is 12.4. The number of halogens is 1. The van der Waals surface area contributed by atoms with E-state index in [2.05, 4.69) is 33.1 Å². The molecule has 2 rings (SSSR count). The Bertz CT molecular complexity index is 671. The van der Waals surface area contributed by atoms with Crippen molar-refractivity contribution in [1.29, 1.82) is 0 Å². The van der Waals surface area contributed by atoms with Crippen LogP contribution in [0, 0.1) is 0 Å². The van der Waals surface area contributed by atoms with Gasteiger partial charge in [0.2, 0.25) is 10.0 Å². The SMILES string of the molecule is CCCN1CCC(NC(=O)c2cc(S(N)(=O)=O)ccc2Br)CC1. The maximum Gasteiger partial charge on any atom is 0.252 e. The predicted octanol–water partition coefficient (Wildman–Crippen LogP) is 1.70. The minimum absolute atomic E-state index is 0.0661. The number of rotatable bonds is 5. The second kappa shape index (κ2) is 7.74. The Hall–Kier alpha value is -0.960. The molecule has 0 radical (unpaired) electrons. The smallest absolute Gasteiger partial charge is 0.252 e. The number of sulfonamides is 1. The topological polar surface area (TPSA) is 92.5 Å². The quantitative estimate of drug-likeness (QED) is 0.782. The molecular weight excluding hydrogens is 382 g/mol. The molecule has 0 spiro atoms. The first-order chi connectivity index (χ1) is 10.8. The molecule has 128 valence electrons. The fourth-order valence-corrected chi connectivity index (χ4v) is 3.70. The van der Waals surface area contributed by atoms with Gasteiger partial charge in [-0.1, -0.05) is 6.92 Å². The first-order valence-electron chi connectivity index (χ1n) is 7.67. The molecule has 0 atom stereocenters. The average molecular weight is 404 g/mol. The number of nitrogens with one attached hydrogen (secondary N) is 1. The first kappa shape index (κ1) is 18.4. The largest absolute Gasteiger partial charge is 0.349 e. The number of primary sulfonamides is 1. The fraction of sp³-hybridized carbons (Fsp3) is 0.533. The second-order valence-corrected chi connectivity index (χ2v) is 8.19. The number of amides is 1. The molecule has 0 aliphatic carbocycles. The van der Waals surface area contributed by atoms with E-state index in [0.717, 1.165) is 38.9 Å². The van der Waals surface area contributed by atoms with Crippen molar-refractivity contribution in [1.82, 2.24) is 10.2 Å². The van der Waals surface area contributed by atoms with Gasteiger partial charge in [0.25, 0.3) is 5.91 Å². The number of nitrogens with zero attached hydrogens (tertiary/aromatic N) is 1. The number of hydrogen-bond donors (Lipinski definition) is 2. The lowest BCUT2D eigenvalue weighted by Gasteiger charge is -2.32. The van der Waals surface area contributed by atoms with Gasteiger partial charge in [-0.25, -0.2) is 13.6 Å². The van der Waals surface area contributed by atoms with Crippen LogP contribution in [0.2, 0.25) is 0 Å². The Balaban J connectivity index is 2.04. The Morgan fingerprint density at radius 2 is 2.04 bits per heavy atom. The summed E-state index contributed by atoms with van der Waals surface area (Å²) in [7, 11) is -3.83. The molecule has 1 aromatic carbocycles. The molecule has 1 amide bonds.